The van der Waals surface area contributed by atoms with Crippen LogP contribution in [0.4, 0.5) is 0 Å². The summed E-state index contributed by atoms with van der Waals surface area (Å²) in [4.78, 5) is 14.0. The van der Waals surface area contributed by atoms with Gasteiger partial charge in [-0.3, -0.25) is 4.79 Å². The molecule has 5 heteroatoms. The minimum Gasteiger partial charge on any atom is -0.485 e. The lowest BCUT2D eigenvalue weighted by Gasteiger charge is -2.25. The average Bonchev–Trinajstić information content (AvgIpc) is 2.42. The first-order valence-corrected chi connectivity index (χ1v) is 6.48. The maximum atomic E-state index is 11.9. The third-order valence-corrected chi connectivity index (χ3v) is 2.88. The second-order valence-corrected chi connectivity index (χ2v) is 4.81. The van der Waals surface area contributed by atoms with E-state index < -0.39 is 6.10 Å². The number of hydrogen-bond acceptors (Lipinski definition) is 4. The Morgan fingerprint density at radius 2 is 2.11 bits per heavy atom. The van der Waals surface area contributed by atoms with E-state index in [2.05, 4.69) is 10.2 Å². The molecule has 104 valence electrons. The predicted octanol–water partition coefficient (Wildman–Crippen LogP) is 0.894. The number of nitrogens with one attached hydrogen (secondary N) is 1. The second-order valence-electron chi connectivity index (χ2n) is 4.81. The van der Waals surface area contributed by atoms with E-state index in [1.807, 2.05) is 32.3 Å². The van der Waals surface area contributed by atoms with Crippen LogP contribution in [0.5, 0.6) is 11.5 Å². The fraction of sp³-hybridized carbons (Fsp3) is 0.500. The minimum absolute atomic E-state index is 0.117. The number of fused-ring (bicyclic) bond motifs is 1. The van der Waals surface area contributed by atoms with Crippen LogP contribution in [0.2, 0.25) is 0 Å². The summed E-state index contributed by atoms with van der Waals surface area (Å²) in [7, 11) is 4.02. The highest BCUT2D eigenvalue weighted by molar-refractivity contribution is 5.81. The fourth-order valence-corrected chi connectivity index (χ4v) is 1.87. The minimum atomic E-state index is -0.561. The molecule has 0 aromatic heterocycles. The van der Waals surface area contributed by atoms with Crippen molar-refractivity contribution in [2.45, 2.75) is 12.5 Å². The molecule has 1 aliphatic heterocycles. The summed E-state index contributed by atoms with van der Waals surface area (Å²) in [6.45, 7) is 1.86. The Balaban J connectivity index is 1.79. The Morgan fingerprint density at radius 3 is 2.84 bits per heavy atom. The van der Waals surface area contributed by atoms with Crippen molar-refractivity contribution in [1.82, 2.24) is 10.2 Å². The lowest BCUT2D eigenvalue weighted by Crippen LogP contribution is -2.44. The van der Waals surface area contributed by atoms with Gasteiger partial charge in [0, 0.05) is 6.54 Å². The molecule has 1 heterocycles. The number of amides is 1. The monoisotopic (exact) mass is 264 g/mol. The highest BCUT2D eigenvalue weighted by atomic mass is 16.6. The van der Waals surface area contributed by atoms with Gasteiger partial charge in [-0.05, 0) is 39.2 Å². The Labute approximate surface area is 113 Å². The SMILES string of the molecule is CN(C)CCCNC(=O)[C@H]1COc2ccccc2O1. The highest BCUT2D eigenvalue weighted by Gasteiger charge is 2.26. The lowest BCUT2D eigenvalue weighted by atomic mass is 10.2. The van der Waals surface area contributed by atoms with Crippen molar-refractivity contribution >= 4 is 5.91 Å². The van der Waals surface area contributed by atoms with Crippen LogP contribution in [-0.4, -0.2) is 50.7 Å². The highest BCUT2D eigenvalue weighted by Crippen LogP contribution is 2.30. The van der Waals surface area contributed by atoms with E-state index in [0.29, 0.717) is 18.0 Å². The van der Waals surface area contributed by atoms with E-state index in [1.54, 1.807) is 6.07 Å². The zero-order valence-electron chi connectivity index (χ0n) is 11.4. The van der Waals surface area contributed by atoms with Crippen LogP contribution in [0.3, 0.4) is 0 Å². The first kappa shape index (κ1) is 13.7. The summed E-state index contributed by atoms with van der Waals surface area (Å²) in [6.07, 6.45) is 0.359. The van der Waals surface area contributed by atoms with Gasteiger partial charge >= 0.3 is 0 Å². The quantitative estimate of drug-likeness (QED) is 0.803. The zero-order valence-corrected chi connectivity index (χ0v) is 11.4. The van der Waals surface area contributed by atoms with E-state index in [0.717, 1.165) is 13.0 Å². The van der Waals surface area contributed by atoms with Crippen LogP contribution in [0.1, 0.15) is 6.42 Å². The predicted molar refractivity (Wildman–Crippen MR) is 72.5 cm³/mol. The molecule has 19 heavy (non-hydrogen) atoms. The molecule has 0 saturated heterocycles. The molecule has 1 aromatic rings. The molecule has 5 nitrogen and oxygen atoms in total. The average molecular weight is 264 g/mol. The second kappa shape index (κ2) is 6.43. The number of ether oxygens (including phenoxy) is 2. The van der Waals surface area contributed by atoms with Crippen molar-refractivity contribution < 1.29 is 14.3 Å². The van der Waals surface area contributed by atoms with E-state index in [-0.39, 0.29) is 12.5 Å². The molecule has 1 aliphatic rings. The normalized spacial score (nSPS) is 17.3. The van der Waals surface area contributed by atoms with E-state index >= 15 is 0 Å². The van der Waals surface area contributed by atoms with Gasteiger partial charge in [-0.25, -0.2) is 0 Å². The van der Waals surface area contributed by atoms with Gasteiger partial charge in [-0.1, -0.05) is 12.1 Å². The standard InChI is InChI=1S/C14H20N2O3/c1-16(2)9-5-8-15-14(17)13-10-18-11-6-3-4-7-12(11)19-13/h3-4,6-7,13H,5,8-10H2,1-2H3,(H,15,17)/t13-/m1/s1. The van der Waals surface area contributed by atoms with Gasteiger partial charge in [0.1, 0.15) is 6.61 Å². The Kier molecular flexibility index (Phi) is 4.63. The Bertz CT molecular complexity index is 434. The van der Waals surface area contributed by atoms with Crippen molar-refractivity contribution in [3.8, 4) is 11.5 Å². The third-order valence-electron chi connectivity index (χ3n) is 2.88. The lowest BCUT2D eigenvalue weighted by molar-refractivity contribution is -0.130. The van der Waals surface area contributed by atoms with Crippen LogP contribution in [-0.2, 0) is 4.79 Å². The molecule has 2 rings (SSSR count). The number of hydrogen-bond donors (Lipinski definition) is 1. The number of carbonyl (C=O) groups excluding carboxylic acids is 1. The number of benzene rings is 1. The maximum Gasteiger partial charge on any atom is 0.264 e. The molecule has 0 radical (unpaired) electrons. The molecule has 0 saturated carbocycles. The van der Waals surface area contributed by atoms with Crippen LogP contribution in [0, 0.1) is 0 Å². The van der Waals surface area contributed by atoms with E-state index in [1.165, 1.54) is 0 Å². The van der Waals surface area contributed by atoms with Gasteiger partial charge in [0.05, 0.1) is 0 Å². The van der Waals surface area contributed by atoms with E-state index in [9.17, 15) is 4.79 Å². The van der Waals surface area contributed by atoms with Crippen molar-refractivity contribution in [2.24, 2.45) is 0 Å². The van der Waals surface area contributed by atoms with Crippen molar-refractivity contribution in [3.05, 3.63) is 24.3 Å². The number of carbonyl (C=O) groups is 1. The molecule has 0 spiro atoms. The summed E-state index contributed by atoms with van der Waals surface area (Å²) < 4.78 is 11.1. The number of para-hydroxylation sites is 2. The molecule has 1 amide bonds. The van der Waals surface area contributed by atoms with Crippen molar-refractivity contribution in [2.75, 3.05) is 33.8 Å². The third kappa shape index (κ3) is 3.86. The first-order chi connectivity index (χ1) is 9.16. The molecule has 1 atom stereocenters. The molecule has 0 unspecified atom stereocenters. The van der Waals surface area contributed by atoms with Crippen LogP contribution in [0.25, 0.3) is 0 Å². The summed E-state index contributed by atoms with van der Waals surface area (Å²) >= 11 is 0. The summed E-state index contributed by atoms with van der Waals surface area (Å²) in [5, 5.41) is 2.87. The van der Waals surface area contributed by atoms with Crippen LogP contribution < -0.4 is 14.8 Å². The largest absolute Gasteiger partial charge is 0.485 e. The number of rotatable bonds is 5. The fourth-order valence-electron chi connectivity index (χ4n) is 1.87. The van der Waals surface area contributed by atoms with Gasteiger partial charge < -0.3 is 19.7 Å². The van der Waals surface area contributed by atoms with Gasteiger partial charge in [-0.2, -0.15) is 0 Å². The molecule has 1 aromatic carbocycles. The summed E-state index contributed by atoms with van der Waals surface area (Å²) in [6, 6.07) is 7.38. The van der Waals surface area contributed by atoms with Crippen molar-refractivity contribution in [1.29, 1.82) is 0 Å². The Morgan fingerprint density at radius 1 is 1.37 bits per heavy atom. The molecular weight excluding hydrogens is 244 g/mol. The molecule has 1 N–H and O–H groups in total. The van der Waals surface area contributed by atoms with E-state index in [4.69, 9.17) is 9.47 Å². The van der Waals surface area contributed by atoms with Gasteiger partial charge in [0.15, 0.2) is 11.5 Å². The number of nitrogens with zero attached hydrogens (tertiary/aromatic N) is 1. The maximum absolute atomic E-state index is 11.9. The smallest absolute Gasteiger partial charge is 0.264 e. The topological polar surface area (TPSA) is 50.8 Å². The van der Waals surface area contributed by atoms with Crippen molar-refractivity contribution in [3.63, 3.8) is 0 Å². The van der Waals surface area contributed by atoms with Crippen LogP contribution in [0.15, 0.2) is 24.3 Å². The molecular formula is C14H20N2O3. The Hall–Kier alpha value is -1.75. The zero-order chi connectivity index (χ0) is 13.7. The van der Waals surface area contributed by atoms with Gasteiger partial charge in [0.2, 0.25) is 6.10 Å². The molecule has 0 bridgehead atoms. The summed E-state index contributed by atoms with van der Waals surface area (Å²) in [5.41, 5.74) is 0. The molecule has 0 aliphatic carbocycles. The van der Waals surface area contributed by atoms with Gasteiger partial charge in [0.25, 0.3) is 5.91 Å². The van der Waals surface area contributed by atoms with Gasteiger partial charge in [-0.15, -0.1) is 0 Å². The molecule has 0 fully saturated rings. The first-order valence-electron chi connectivity index (χ1n) is 6.48. The summed E-state index contributed by atoms with van der Waals surface area (Å²) in [5.74, 6) is 1.20. The van der Waals surface area contributed by atoms with Crippen LogP contribution >= 0.6 is 0 Å².